The van der Waals surface area contributed by atoms with Crippen molar-refractivity contribution in [1.29, 1.82) is 0 Å². The van der Waals surface area contributed by atoms with Gasteiger partial charge in [-0.3, -0.25) is 20.1 Å². The van der Waals surface area contributed by atoms with E-state index in [2.05, 4.69) is 105 Å². The van der Waals surface area contributed by atoms with Crippen molar-refractivity contribution < 1.29 is 0 Å². The zero-order valence-corrected chi connectivity index (χ0v) is 30.0. The maximum Gasteiger partial charge on any atom is 0.226 e. The summed E-state index contributed by atoms with van der Waals surface area (Å²) in [6, 6.07) is 45.9. The molecule has 4 aromatic carbocycles. The third-order valence-corrected chi connectivity index (χ3v) is 11.8. The Hall–Kier alpha value is -7.46. The molecule has 10 aromatic rings. The molecule has 0 bridgehead atoms. The molecule has 1 N–H and O–H groups in total. The van der Waals surface area contributed by atoms with Gasteiger partial charge in [0.1, 0.15) is 11.0 Å². The van der Waals surface area contributed by atoms with Crippen molar-refractivity contribution in [3.63, 3.8) is 0 Å². The first-order valence-corrected chi connectivity index (χ1v) is 18.5. The largest absolute Gasteiger partial charge is 0.321 e. The van der Waals surface area contributed by atoms with Crippen LogP contribution in [0, 0.1) is 0 Å². The molecule has 56 heavy (non-hydrogen) atoms. The van der Waals surface area contributed by atoms with Gasteiger partial charge in [0.25, 0.3) is 0 Å². The van der Waals surface area contributed by atoms with Crippen LogP contribution in [0.3, 0.4) is 0 Å². The molecule has 11 rings (SSSR count). The molecule has 0 amide bonds. The predicted octanol–water partition coefficient (Wildman–Crippen LogP) is 7.81. The number of nitrogens with one attached hydrogen (secondary N) is 1. The second kappa shape index (κ2) is 12.3. The van der Waals surface area contributed by atoms with Crippen molar-refractivity contribution in [3.05, 3.63) is 211 Å². The number of nitrogens with zero attached hydrogens (tertiary/aromatic N) is 9. The minimum Gasteiger partial charge on any atom is -0.321 e. The molecule has 6 aromatic heterocycles. The average Bonchev–Trinajstić information content (AvgIpc) is 3.93. The molecule has 1 fully saturated rings. The molecule has 0 spiro atoms. The first-order chi connectivity index (χ1) is 27.8. The minimum absolute atomic E-state index is 0.323. The fraction of sp³-hybridized carbons (Fsp3) is 0.0870. The van der Waals surface area contributed by atoms with E-state index in [9.17, 15) is 0 Å². The summed E-state index contributed by atoms with van der Waals surface area (Å²) in [5.74, 6) is 0.493. The van der Waals surface area contributed by atoms with Crippen LogP contribution in [0.25, 0.3) is 32.3 Å². The van der Waals surface area contributed by atoms with Gasteiger partial charge in [0, 0.05) is 55.6 Å². The van der Waals surface area contributed by atoms with Crippen molar-refractivity contribution in [2.24, 2.45) is 0 Å². The quantitative estimate of drug-likeness (QED) is 0.164. The molecule has 10 nitrogen and oxygen atoms in total. The zero-order chi connectivity index (χ0) is 37.2. The number of benzene rings is 4. The maximum absolute atomic E-state index is 5.35. The Labute approximate surface area is 321 Å². The summed E-state index contributed by atoms with van der Waals surface area (Å²) < 4.78 is 0. The van der Waals surface area contributed by atoms with E-state index in [4.69, 9.17) is 30.0 Å². The Morgan fingerprint density at radius 3 is 1.73 bits per heavy atom. The summed E-state index contributed by atoms with van der Waals surface area (Å²) in [5, 5.41) is 25.0. The van der Waals surface area contributed by atoms with E-state index < -0.39 is 16.4 Å². The predicted molar refractivity (Wildman–Crippen MR) is 215 cm³/mol. The number of H-pyrrole nitrogens is 1. The number of anilines is 1. The van der Waals surface area contributed by atoms with Crippen LogP contribution < -0.4 is 4.90 Å². The van der Waals surface area contributed by atoms with E-state index in [1.54, 1.807) is 18.6 Å². The minimum atomic E-state index is -1.32. The molecule has 0 aliphatic carbocycles. The fourth-order valence-corrected chi connectivity index (χ4v) is 9.93. The lowest BCUT2D eigenvalue weighted by Gasteiger charge is -2.52. The Balaban J connectivity index is 1.45. The van der Waals surface area contributed by atoms with Crippen LogP contribution in [0.5, 0.6) is 0 Å². The van der Waals surface area contributed by atoms with Crippen LogP contribution in [0.4, 0.5) is 5.95 Å². The average molecular weight is 725 g/mol. The summed E-state index contributed by atoms with van der Waals surface area (Å²) >= 11 is 0. The molecule has 2 unspecified atom stereocenters. The highest BCUT2D eigenvalue weighted by Gasteiger charge is 2.78. The van der Waals surface area contributed by atoms with Gasteiger partial charge in [-0.05, 0) is 98.5 Å². The van der Waals surface area contributed by atoms with E-state index in [0.29, 0.717) is 29.6 Å². The lowest BCUT2D eigenvalue weighted by molar-refractivity contribution is 0.251. The van der Waals surface area contributed by atoms with Crippen LogP contribution in [-0.2, 0) is 16.4 Å². The molecule has 1 saturated heterocycles. The lowest BCUT2D eigenvalue weighted by atomic mass is 9.48. The molecule has 1 aliphatic rings. The van der Waals surface area contributed by atoms with Gasteiger partial charge < -0.3 is 4.90 Å². The normalized spacial score (nSPS) is 19.2. The standard InChI is InChI=1S/C46H32N10/c1-4-23-47-37(12-1)45(38-15-8-28-52-55-38)44(36-22-29-53-54-36,35-21-19-33-17-16-31-10-7-11-32-18-20-34(35)42(33)41(31)32)30-56(43-50-26-9-27-51-43)46(45,39-13-2-5-24-48-39)40-14-3-6-25-49-40/h1-29H,30H2,(H,53,54). The smallest absolute Gasteiger partial charge is 0.226 e. The van der Waals surface area contributed by atoms with Gasteiger partial charge in [0.2, 0.25) is 5.95 Å². The van der Waals surface area contributed by atoms with Crippen molar-refractivity contribution in [3.8, 4) is 0 Å². The molecule has 1 aliphatic heterocycles. The van der Waals surface area contributed by atoms with Crippen LogP contribution in [0.2, 0.25) is 0 Å². The number of pyridine rings is 3. The van der Waals surface area contributed by atoms with E-state index in [-0.39, 0.29) is 0 Å². The molecular formula is C46H32N10. The van der Waals surface area contributed by atoms with Gasteiger partial charge in [-0.25, -0.2) is 9.97 Å². The van der Waals surface area contributed by atoms with E-state index in [0.717, 1.165) is 27.7 Å². The Morgan fingerprint density at radius 2 is 1.11 bits per heavy atom. The first-order valence-electron chi connectivity index (χ1n) is 18.5. The molecule has 2 atom stereocenters. The van der Waals surface area contributed by atoms with Crippen LogP contribution in [0.1, 0.15) is 34.0 Å². The number of hydrogen-bond acceptors (Lipinski definition) is 9. The topological polar surface area (TPSA) is 122 Å². The van der Waals surface area contributed by atoms with Crippen LogP contribution in [-0.4, -0.2) is 51.9 Å². The van der Waals surface area contributed by atoms with Gasteiger partial charge in [-0.15, -0.1) is 0 Å². The Bertz CT molecular complexity index is 2850. The second-order valence-electron chi connectivity index (χ2n) is 14.2. The van der Waals surface area contributed by atoms with Gasteiger partial charge in [0.15, 0.2) is 0 Å². The first kappa shape index (κ1) is 32.0. The molecule has 266 valence electrons. The number of aromatic nitrogens is 9. The van der Waals surface area contributed by atoms with E-state index in [1.807, 2.05) is 73.3 Å². The van der Waals surface area contributed by atoms with Gasteiger partial charge >= 0.3 is 0 Å². The lowest BCUT2D eigenvalue weighted by Crippen LogP contribution is -2.62. The molecule has 10 heteroatoms. The highest BCUT2D eigenvalue weighted by atomic mass is 15.4. The summed E-state index contributed by atoms with van der Waals surface area (Å²) in [7, 11) is 0. The van der Waals surface area contributed by atoms with Crippen molar-refractivity contribution in [1.82, 2.24) is 45.3 Å². The summed E-state index contributed by atoms with van der Waals surface area (Å²) in [6.07, 6.45) is 12.6. The van der Waals surface area contributed by atoms with Crippen LogP contribution in [0.15, 0.2) is 177 Å². The molecule has 7 heterocycles. The van der Waals surface area contributed by atoms with Gasteiger partial charge in [-0.2, -0.15) is 15.3 Å². The fourth-order valence-electron chi connectivity index (χ4n) is 9.93. The Morgan fingerprint density at radius 1 is 0.482 bits per heavy atom. The monoisotopic (exact) mass is 724 g/mol. The van der Waals surface area contributed by atoms with Crippen molar-refractivity contribution in [2.45, 2.75) is 16.4 Å². The number of rotatable bonds is 7. The van der Waals surface area contributed by atoms with E-state index in [1.165, 1.54) is 21.5 Å². The SMILES string of the molecule is c1ccc(C2(c3ccccn3)N(c3ncccn3)CC(c3ccn[nH]3)(c3ccc4ccc5cccc6ccc3c4c56)C2(c2ccccn2)c2cccnn2)nc1. The van der Waals surface area contributed by atoms with Crippen molar-refractivity contribution in [2.75, 3.05) is 11.4 Å². The molecule has 0 saturated carbocycles. The van der Waals surface area contributed by atoms with Gasteiger partial charge in [-0.1, -0.05) is 72.8 Å². The van der Waals surface area contributed by atoms with Crippen LogP contribution >= 0.6 is 0 Å². The highest BCUT2D eigenvalue weighted by molar-refractivity contribution is 6.23. The molecular weight excluding hydrogens is 693 g/mol. The summed E-state index contributed by atoms with van der Waals surface area (Å²) in [4.78, 5) is 28.2. The third kappa shape index (κ3) is 4.09. The maximum atomic E-state index is 5.35. The van der Waals surface area contributed by atoms with Crippen molar-refractivity contribution >= 4 is 38.3 Å². The zero-order valence-electron chi connectivity index (χ0n) is 30.0. The molecule has 0 radical (unpaired) electrons. The number of aromatic amines is 1. The van der Waals surface area contributed by atoms with Gasteiger partial charge in [0.05, 0.1) is 28.2 Å². The summed E-state index contributed by atoms with van der Waals surface area (Å²) in [6.45, 7) is 0.323. The number of hydrogen-bond donors (Lipinski definition) is 1. The highest BCUT2D eigenvalue weighted by Crippen LogP contribution is 2.69. The summed E-state index contributed by atoms with van der Waals surface area (Å²) in [5.41, 5.74) is 0.970. The third-order valence-electron chi connectivity index (χ3n) is 11.8. The second-order valence-corrected chi connectivity index (χ2v) is 14.2. The van der Waals surface area contributed by atoms with E-state index >= 15 is 0 Å². The Kier molecular flexibility index (Phi) is 7.02.